The van der Waals surface area contributed by atoms with Gasteiger partial charge in [-0.2, -0.15) is 23.2 Å². The number of nitrogens with two attached hydrogens (primary N) is 1. The Morgan fingerprint density at radius 1 is 1.37 bits per heavy atom. The van der Waals surface area contributed by atoms with E-state index in [1.165, 1.54) is 12.1 Å². The molecule has 1 aromatic rings. The van der Waals surface area contributed by atoms with Crippen molar-refractivity contribution in [2.45, 2.75) is 19.2 Å². The maximum atomic E-state index is 13.4. The van der Waals surface area contributed by atoms with Gasteiger partial charge in [0.25, 0.3) is 5.91 Å². The normalized spacial score (nSPS) is 16.4. The predicted octanol–water partition coefficient (Wildman–Crippen LogP) is 1.37. The molecule has 1 amide bonds. The van der Waals surface area contributed by atoms with E-state index in [2.05, 4.69) is 10.2 Å². The number of hydrogen-bond donors (Lipinski definition) is 3. The van der Waals surface area contributed by atoms with Crippen molar-refractivity contribution in [3.63, 3.8) is 0 Å². The largest absolute Gasteiger partial charge is 0.475 e. The third kappa shape index (κ3) is 5.81. The van der Waals surface area contributed by atoms with Crippen LogP contribution >= 0.6 is 11.6 Å². The average molecular weight is 412 g/mol. The minimum absolute atomic E-state index is 0.00891. The van der Waals surface area contributed by atoms with Crippen LogP contribution in [0.25, 0.3) is 6.08 Å². The summed E-state index contributed by atoms with van der Waals surface area (Å²) in [7, 11) is 0. The van der Waals surface area contributed by atoms with Crippen molar-refractivity contribution in [3.05, 3.63) is 33.9 Å². The molecule has 1 heterocycles. The molecular weight excluding hydrogens is 393 g/mol. The Morgan fingerprint density at radius 2 is 2.11 bits per heavy atom. The Hall–Kier alpha value is -1.85. The zero-order valence-corrected chi connectivity index (χ0v) is 15.1. The van der Waals surface area contributed by atoms with Gasteiger partial charge in [-0.1, -0.05) is 17.2 Å². The summed E-state index contributed by atoms with van der Waals surface area (Å²) in [6.45, 7) is 1.89. The topological polar surface area (TPSA) is 93.6 Å². The van der Waals surface area contributed by atoms with Crippen LogP contribution in [0.3, 0.4) is 0 Å². The lowest BCUT2D eigenvalue weighted by molar-refractivity contribution is -1.06. The van der Waals surface area contributed by atoms with Crippen molar-refractivity contribution in [2.75, 3.05) is 26.4 Å². The van der Waals surface area contributed by atoms with Gasteiger partial charge in [0.05, 0.1) is 18.8 Å². The lowest BCUT2D eigenvalue weighted by atomic mass is 9.98. The van der Waals surface area contributed by atoms with Crippen molar-refractivity contribution < 1.29 is 43.1 Å². The molecular formula is C16H19ClF3N2O5+. The second-order valence-electron chi connectivity index (χ2n) is 5.62. The molecule has 0 bridgehead atoms. The third-order valence-corrected chi connectivity index (χ3v) is 3.83. The van der Waals surface area contributed by atoms with Gasteiger partial charge in [0.15, 0.2) is 0 Å². The molecule has 1 aliphatic heterocycles. The number of ether oxygens (including phenoxy) is 2. The number of halogens is 4. The highest BCUT2D eigenvalue weighted by Crippen LogP contribution is 2.40. The molecule has 0 spiro atoms. The fourth-order valence-corrected chi connectivity index (χ4v) is 2.76. The monoisotopic (exact) mass is 411 g/mol. The van der Waals surface area contributed by atoms with Gasteiger partial charge in [-0.05, 0) is 30.7 Å². The van der Waals surface area contributed by atoms with Gasteiger partial charge in [0.1, 0.15) is 12.4 Å². The summed E-state index contributed by atoms with van der Waals surface area (Å²) in [5.74, 6) is -0.869. The number of carbonyl (C=O) groups excluding carboxylic acids is 1. The number of alkyl halides is 3. The molecule has 7 nitrogen and oxygen atoms in total. The van der Waals surface area contributed by atoms with Gasteiger partial charge in [0.2, 0.25) is 6.10 Å². The Kier molecular flexibility index (Phi) is 7.45. The van der Waals surface area contributed by atoms with Crippen molar-refractivity contribution in [2.24, 2.45) is 0 Å². The van der Waals surface area contributed by atoms with Crippen molar-refractivity contribution in [1.29, 1.82) is 0 Å². The Morgan fingerprint density at radius 3 is 2.78 bits per heavy atom. The second kappa shape index (κ2) is 9.38. The number of amides is 1. The first-order chi connectivity index (χ1) is 12.7. The lowest BCUT2D eigenvalue weighted by Crippen LogP contribution is -2.79. The fraction of sp³-hybridized carbons (Fsp3) is 0.438. The zero-order chi connectivity index (χ0) is 20.0. The first-order valence-corrected chi connectivity index (χ1v) is 8.30. The second-order valence-corrected chi connectivity index (χ2v) is 6.06. The van der Waals surface area contributed by atoms with Crippen LogP contribution in [0.4, 0.5) is 13.2 Å². The highest BCUT2D eigenvalue weighted by Gasteiger charge is 2.48. The van der Waals surface area contributed by atoms with E-state index in [1.54, 1.807) is 6.92 Å². The molecule has 27 heavy (non-hydrogen) atoms. The maximum absolute atomic E-state index is 13.4. The van der Waals surface area contributed by atoms with E-state index in [0.717, 1.165) is 6.08 Å². The van der Waals surface area contributed by atoms with Crippen molar-refractivity contribution in [3.8, 4) is 5.75 Å². The quantitative estimate of drug-likeness (QED) is 0.444. The number of aryl methyl sites for hydroxylation is 1. The van der Waals surface area contributed by atoms with E-state index in [1.807, 2.05) is 0 Å². The number of carbonyl (C=O) groups is 1. The molecule has 11 heteroatoms. The van der Waals surface area contributed by atoms with Gasteiger partial charge in [-0.25, -0.2) is 0 Å². The van der Waals surface area contributed by atoms with E-state index in [0.29, 0.717) is 21.8 Å². The summed E-state index contributed by atoms with van der Waals surface area (Å²) >= 11 is 5.94. The fourth-order valence-electron chi connectivity index (χ4n) is 2.48. The van der Waals surface area contributed by atoms with Crippen LogP contribution in [0.5, 0.6) is 5.75 Å². The van der Waals surface area contributed by atoms with Crippen LogP contribution in [0, 0.1) is 6.92 Å². The van der Waals surface area contributed by atoms with Crippen molar-refractivity contribution >= 4 is 23.6 Å². The minimum Gasteiger partial charge on any atom is -0.475 e. The molecule has 4 N–H and O–H groups in total. The molecule has 1 aliphatic rings. The number of hydrogen-bond acceptors (Lipinski definition) is 5. The molecule has 2 rings (SSSR count). The highest BCUT2D eigenvalue weighted by molar-refractivity contribution is 6.30. The molecule has 0 saturated heterocycles. The van der Waals surface area contributed by atoms with E-state index >= 15 is 0 Å². The first-order valence-electron chi connectivity index (χ1n) is 7.92. The summed E-state index contributed by atoms with van der Waals surface area (Å²) < 4.78 is 50.3. The summed E-state index contributed by atoms with van der Waals surface area (Å²) in [6.07, 6.45) is -6.00. The van der Waals surface area contributed by atoms with Crippen LogP contribution in [0.15, 0.2) is 17.7 Å². The molecule has 0 fully saturated rings. The predicted molar refractivity (Wildman–Crippen MR) is 88.1 cm³/mol. The molecule has 1 atom stereocenters. The third-order valence-electron chi connectivity index (χ3n) is 3.61. The van der Waals surface area contributed by atoms with Gasteiger partial charge >= 0.3 is 6.18 Å². The number of nitrogens with one attached hydrogen (secondary N) is 1. The van der Waals surface area contributed by atoms with Crippen molar-refractivity contribution in [1.82, 2.24) is 5.32 Å². The summed E-state index contributed by atoms with van der Waals surface area (Å²) in [5.41, 5.74) is 0.705. The molecule has 0 saturated carbocycles. The zero-order valence-electron chi connectivity index (χ0n) is 14.3. The number of benzene rings is 1. The van der Waals surface area contributed by atoms with Crippen LogP contribution in [0.2, 0.25) is 5.02 Å². The van der Waals surface area contributed by atoms with Crippen LogP contribution < -0.4 is 15.7 Å². The molecule has 0 radical (unpaired) electrons. The van der Waals surface area contributed by atoms with Crippen LogP contribution in [-0.2, 0) is 14.4 Å². The van der Waals surface area contributed by atoms with Crippen LogP contribution in [-0.4, -0.2) is 49.8 Å². The van der Waals surface area contributed by atoms with Crippen LogP contribution in [0.1, 0.15) is 11.1 Å². The van der Waals surface area contributed by atoms with Gasteiger partial charge in [0, 0.05) is 17.1 Å². The number of rotatable bonds is 8. The van der Waals surface area contributed by atoms with E-state index in [-0.39, 0.29) is 32.1 Å². The lowest BCUT2D eigenvalue weighted by Gasteiger charge is -2.29. The smallest absolute Gasteiger partial charge is 0.429 e. The van der Waals surface area contributed by atoms with E-state index in [4.69, 9.17) is 26.3 Å². The standard InChI is InChI=1S/C16H18ClF3N2O5/c1-9-6-11(17)7-10-8-12(14(16(18,19)20)27-13(9)10)15(23)21-2-3-25-4-5-26-22-24/h6-8,14,24H,2-5,22H2,1H3/p+1. The minimum atomic E-state index is -4.76. The molecule has 0 aromatic heterocycles. The highest BCUT2D eigenvalue weighted by atomic mass is 35.5. The molecule has 150 valence electrons. The maximum Gasteiger partial charge on any atom is 0.429 e. The van der Waals surface area contributed by atoms with Gasteiger partial charge in [-0.3, -0.25) is 4.79 Å². The number of quaternary nitrogens is 1. The Bertz CT molecular complexity index is 712. The number of fused-ring (bicyclic) bond motifs is 1. The average Bonchev–Trinajstić information content (AvgIpc) is 2.58. The van der Waals surface area contributed by atoms with E-state index in [9.17, 15) is 18.0 Å². The molecule has 0 aliphatic carbocycles. The van der Waals surface area contributed by atoms with Gasteiger partial charge in [-0.15, -0.1) is 0 Å². The summed E-state index contributed by atoms with van der Waals surface area (Å²) in [5, 5.41) is 11.0. The Labute approximate surface area is 157 Å². The molecule has 1 aromatic carbocycles. The van der Waals surface area contributed by atoms with E-state index < -0.39 is 23.8 Å². The van der Waals surface area contributed by atoms with Gasteiger partial charge < -0.3 is 14.8 Å². The summed E-state index contributed by atoms with van der Waals surface area (Å²) in [4.78, 5) is 16.8. The Balaban J connectivity index is 2.08. The molecule has 1 unspecified atom stereocenters. The SMILES string of the molecule is Cc1cc(Cl)cc2c1OC(C(F)(F)F)C(C(=O)NCCOCCO[NH2+]O)=C2. The summed E-state index contributed by atoms with van der Waals surface area (Å²) in [6, 6.07) is 2.92. The first kappa shape index (κ1) is 21.5.